The molecule has 1 heterocycles. The third-order valence-corrected chi connectivity index (χ3v) is 2.89. The van der Waals surface area contributed by atoms with Gasteiger partial charge in [-0.15, -0.1) is 6.58 Å². The Kier molecular flexibility index (Phi) is 5.15. The molecule has 0 spiro atoms. The van der Waals surface area contributed by atoms with Crippen LogP contribution in [0.1, 0.15) is 19.8 Å². The van der Waals surface area contributed by atoms with Crippen LogP contribution in [0.2, 0.25) is 0 Å². The zero-order chi connectivity index (χ0) is 12.8. The van der Waals surface area contributed by atoms with Gasteiger partial charge < -0.3 is 14.7 Å². The maximum Gasteiger partial charge on any atom is 0.308 e. The molecule has 96 valence electrons. The van der Waals surface area contributed by atoms with Crippen LogP contribution in [0.4, 0.5) is 0 Å². The van der Waals surface area contributed by atoms with Crippen molar-refractivity contribution in [2.75, 3.05) is 19.7 Å². The molecule has 1 saturated heterocycles. The van der Waals surface area contributed by atoms with Crippen molar-refractivity contribution in [1.82, 2.24) is 4.90 Å². The largest absolute Gasteiger partial charge is 0.481 e. The first-order valence-electron chi connectivity index (χ1n) is 5.80. The summed E-state index contributed by atoms with van der Waals surface area (Å²) in [7, 11) is 0. The Bertz CT molecular complexity index is 303. The average Bonchev–Trinajstić information content (AvgIpc) is 2.77. The van der Waals surface area contributed by atoms with Gasteiger partial charge in [-0.05, 0) is 19.8 Å². The van der Waals surface area contributed by atoms with Gasteiger partial charge in [-0.25, -0.2) is 0 Å². The van der Waals surface area contributed by atoms with Gasteiger partial charge in [0.25, 0.3) is 5.91 Å². The molecule has 1 amide bonds. The average molecular weight is 241 g/mol. The Labute approximate surface area is 101 Å². The topological polar surface area (TPSA) is 66.8 Å². The standard InChI is InChI=1S/C12H19NO4/c1-3-4-7-17-9(2)11(14)13-6-5-10(8-13)12(15)16/h3,9-10H,1,4-8H2,2H3,(H,15,16). The van der Waals surface area contributed by atoms with Crippen LogP contribution in [0, 0.1) is 5.92 Å². The summed E-state index contributed by atoms with van der Waals surface area (Å²) >= 11 is 0. The van der Waals surface area contributed by atoms with Crippen LogP contribution in [-0.4, -0.2) is 47.7 Å². The second-order valence-electron chi connectivity index (χ2n) is 4.20. The van der Waals surface area contributed by atoms with Gasteiger partial charge in [0.1, 0.15) is 6.10 Å². The fraction of sp³-hybridized carbons (Fsp3) is 0.667. The highest BCUT2D eigenvalue weighted by atomic mass is 16.5. The second kappa shape index (κ2) is 6.39. The summed E-state index contributed by atoms with van der Waals surface area (Å²) in [4.78, 5) is 24.2. The molecule has 0 radical (unpaired) electrons. The summed E-state index contributed by atoms with van der Waals surface area (Å²) in [6, 6.07) is 0. The van der Waals surface area contributed by atoms with Crippen LogP contribution < -0.4 is 0 Å². The first-order chi connectivity index (χ1) is 8.06. The van der Waals surface area contributed by atoms with Crippen LogP contribution in [0.3, 0.4) is 0 Å². The lowest BCUT2D eigenvalue weighted by Crippen LogP contribution is -2.38. The van der Waals surface area contributed by atoms with Gasteiger partial charge in [-0.1, -0.05) is 6.08 Å². The molecule has 0 aliphatic carbocycles. The van der Waals surface area contributed by atoms with E-state index in [1.807, 2.05) is 0 Å². The Morgan fingerprint density at radius 1 is 1.65 bits per heavy atom. The number of aliphatic carboxylic acids is 1. The summed E-state index contributed by atoms with van der Waals surface area (Å²) in [6.07, 6.45) is 2.45. The molecule has 2 atom stereocenters. The molecule has 5 nitrogen and oxygen atoms in total. The first kappa shape index (κ1) is 13.7. The van der Waals surface area contributed by atoms with E-state index in [1.54, 1.807) is 17.9 Å². The second-order valence-corrected chi connectivity index (χ2v) is 4.20. The number of ether oxygens (including phenoxy) is 1. The third kappa shape index (κ3) is 3.85. The van der Waals surface area contributed by atoms with Crippen molar-refractivity contribution in [3.05, 3.63) is 12.7 Å². The van der Waals surface area contributed by atoms with Gasteiger partial charge in [0.05, 0.1) is 12.5 Å². The van der Waals surface area contributed by atoms with Crippen LogP contribution >= 0.6 is 0 Å². The Hall–Kier alpha value is -1.36. The Balaban J connectivity index is 2.37. The summed E-state index contributed by atoms with van der Waals surface area (Å²) in [5, 5.41) is 8.84. The molecular formula is C12H19NO4. The van der Waals surface area contributed by atoms with Crippen LogP contribution in [0.5, 0.6) is 0 Å². The van der Waals surface area contributed by atoms with Crippen molar-refractivity contribution in [3.63, 3.8) is 0 Å². The number of carboxylic acids is 1. The van der Waals surface area contributed by atoms with Crippen LogP contribution in [-0.2, 0) is 14.3 Å². The van der Waals surface area contributed by atoms with Crippen LogP contribution in [0.15, 0.2) is 12.7 Å². The predicted octanol–water partition coefficient (Wildman–Crippen LogP) is 0.901. The van der Waals surface area contributed by atoms with Gasteiger partial charge in [0.15, 0.2) is 0 Å². The van der Waals surface area contributed by atoms with E-state index in [2.05, 4.69) is 6.58 Å². The van der Waals surface area contributed by atoms with Gasteiger partial charge in [-0.2, -0.15) is 0 Å². The number of rotatable bonds is 6. The molecule has 17 heavy (non-hydrogen) atoms. The van der Waals surface area contributed by atoms with E-state index in [-0.39, 0.29) is 5.91 Å². The van der Waals surface area contributed by atoms with E-state index in [1.165, 1.54) is 0 Å². The highest BCUT2D eigenvalue weighted by Crippen LogP contribution is 2.17. The predicted molar refractivity (Wildman–Crippen MR) is 62.6 cm³/mol. The highest BCUT2D eigenvalue weighted by molar-refractivity contribution is 5.82. The minimum Gasteiger partial charge on any atom is -0.481 e. The number of hydrogen-bond acceptors (Lipinski definition) is 3. The molecule has 0 aromatic rings. The maximum absolute atomic E-state index is 11.9. The van der Waals surface area contributed by atoms with E-state index in [0.29, 0.717) is 32.5 Å². The molecule has 1 fully saturated rings. The Morgan fingerprint density at radius 2 is 2.35 bits per heavy atom. The molecule has 1 aliphatic rings. The van der Waals surface area contributed by atoms with E-state index >= 15 is 0 Å². The summed E-state index contributed by atoms with van der Waals surface area (Å²) < 4.78 is 5.34. The van der Waals surface area contributed by atoms with E-state index in [4.69, 9.17) is 9.84 Å². The maximum atomic E-state index is 11.9. The van der Waals surface area contributed by atoms with Crippen molar-refractivity contribution in [2.45, 2.75) is 25.9 Å². The monoisotopic (exact) mass is 241 g/mol. The van der Waals surface area contributed by atoms with Gasteiger partial charge in [0, 0.05) is 13.1 Å². The molecule has 1 aliphatic heterocycles. The summed E-state index contributed by atoms with van der Waals surface area (Å²) in [5.74, 6) is -1.39. The zero-order valence-corrected chi connectivity index (χ0v) is 10.1. The number of hydrogen-bond donors (Lipinski definition) is 1. The van der Waals surface area contributed by atoms with E-state index in [0.717, 1.165) is 0 Å². The minimum atomic E-state index is -0.833. The van der Waals surface area contributed by atoms with Crippen molar-refractivity contribution in [3.8, 4) is 0 Å². The lowest BCUT2D eigenvalue weighted by Gasteiger charge is -2.20. The van der Waals surface area contributed by atoms with Crippen molar-refractivity contribution in [1.29, 1.82) is 0 Å². The number of likely N-dealkylation sites (tertiary alicyclic amines) is 1. The molecule has 5 heteroatoms. The number of nitrogens with zero attached hydrogens (tertiary/aromatic N) is 1. The zero-order valence-electron chi connectivity index (χ0n) is 10.1. The van der Waals surface area contributed by atoms with Gasteiger partial charge in [0.2, 0.25) is 0 Å². The van der Waals surface area contributed by atoms with E-state index < -0.39 is 18.0 Å². The molecule has 1 rings (SSSR count). The SMILES string of the molecule is C=CCCOC(C)C(=O)N1CCC(C(=O)O)C1. The number of carboxylic acid groups (broad SMARTS) is 1. The van der Waals surface area contributed by atoms with Gasteiger partial charge >= 0.3 is 5.97 Å². The molecule has 0 bridgehead atoms. The number of carbonyl (C=O) groups is 2. The quantitative estimate of drug-likeness (QED) is 0.554. The third-order valence-electron chi connectivity index (χ3n) is 2.89. The fourth-order valence-electron chi connectivity index (χ4n) is 1.82. The van der Waals surface area contributed by atoms with E-state index in [9.17, 15) is 9.59 Å². The molecule has 0 aromatic heterocycles. The molecular weight excluding hydrogens is 222 g/mol. The lowest BCUT2D eigenvalue weighted by molar-refractivity contribution is -0.143. The molecule has 2 unspecified atom stereocenters. The normalized spacial score (nSPS) is 21.2. The fourth-order valence-corrected chi connectivity index (χ4v) is 1.82. The number of carbonyl (C=O) groups excluding carboxylic acids is 1. The summed E-state index contributed by atoms with van der Waals surface area (Å²) in [6.45, 7) is 6.53. The van der Waals surface area contributed by atoms with Crippen molar-refractivity contribution < 1.29 is 19.4 Å². The highest BCUT2D eigenvalue weighted by Gasteiger charge is 2.32. The smallest absolute Gasteiger partial charge is 0.308 e. The van der Waals surface area contributed by atoms with Crippen LogP contribution in [0.25, 0.3) is 0 Å². The van der Waals surface area contributed by atoms with Gasteiger partial charge in [-0.3, -0.25) is 9.59 Å². The Morgan fingerprint density at radius 3 is 2.88 bits per heavy atom. The summed E-state index contributed by atoms with van der Waals surface area (Å²) in [5.41, 5.74) is 0. The van der Waals surface area contributed by atoms with Crippen molar-refractivity contribution >= 4 is 11.9 Å². The molecule has 0 saturated carbocycles. The molecule has 1 N–H and O–H groups in total. The minimum absolute atomic E-state index is 0.127. The first-order valence-corrected chi connectivity index (χ1v) is 5.80. The number of amides is 1. The molecule has 0 aromatic carbocycles. The van der Waals surface area contributed by atoms with Crippen molar-refractivity contribution in [2.24, 2.45) is 5.92 Å². The lowest BCUT2D eigenvalue weighted by atomic mass is 10.1.